The first kappa shape index (κ1) is 24.0. The van der Waals surface area contributed by atoms with Crippen LogP contribution in [0.5, 0.6) is 5.75 Å². The average Bonchev–Trinajstić information content (AvgIpc) is 2.86. The third kappa shape index (κ3) is 5.68. The Labute approximate surface area is 204 Å². The number of amides is 1. The molecule has 3 aromatic rings. The molecule has 1 amide bonds. The number of rotatable bonds is 9. The third-order valence-corrected chi connectivity index (χ3v) is 6.52. The van der Waals surface area contributed by atoms with Crippen molar-refractivity contribution in [2.75, 3.05) is 13.1 Å². The zero-order chi connectivity index (χ0) is 23.9. The minimum atomic E-state index is -0.480. The van der Waals surface area contributed by atoms with Gasteiger partial charge in [0.15, 0.2) is 6.10 Å². The molecule has 0 fully saturated rings. The molecule has 0 aromatic heterocycles. The largest absolute Gasteiger partial charge is 0.481 e. The summed E-state index contributed by atoms with van der Waals surface area (Å²) in [5, 5.41) is 2.97. The van der Waals surface area contributed by atoms with Crippen LogP contribution < -0.4 is 10.1 Å². The van der Waals surface area contributed by atoms with Crippen molar-refractivity contribution in [3.63, 3.8) is 0 Å². The highest BCUT2D eigenvalue weighted by molar-refractivity contribution is 5.81. The van der Waals surface area contributed by atoms with Gasteiger partial charge in [0.25, 0.3) is 5.91 Å². The first-order valence-electron chi connectivity index (χ1n) is 12.5. The predicted molar refractivity (Wildman–Crippen MR) is 138 cm³/mol. The molecule has 3 aromatic carbocycles. The van der Waals surface area contributed by atoms with Gasteiger partial charge in [0.1, 0.15) is 5.75 Å². The summed E-state index contributed by atoms with van der Waals surface area (Å²) >= 11 is 0. The molecule has 4 heteroatoms. The van der Waals surface area contributed by atoms with E-state index in [9.17, 15) is 4.79 Å². The second kappa shape index (κ2) is 11.3. The number of aryl methyl sites for hydroxylation is 1. The molecule has 0 radical (unpaired) electrons. The van der Waals surface area contributed by atoms with E-state index in [1.165, 1.54) is 27.8 Å². The van der Waals surface area contributed by atoms with E-state index in [0.717, 1.165) is 31.7 Å². The summed E-state index contributed by atoms with van der Waals surface area (Å²) in [5.74, 6) is 0.721. The van der Waals surface area contributed by atoms with E-state index in [1.54, 1.807) is 0 Å². The highest BCUT2D eigenvalue weighted by Crippen LogP contribution is 2.38. The normalized spacial score (nSPS) is 16.5. The SMILES string of the molecule is CCCNC(=O)[C@H](CC)Oc1ccc2c(c1)[C@@H](c1ccccc1)N(Cc1cccc(C)c1)CC2. The molecule has 1 N–H and O–H groups in total. The van der Waals surface area contributed by atoms with Gasteiger partial charge in [-0.15, -0.1) is 0 Å². The number of hydrogen-bond donors (Lipinski definition) is 1. The number of nitrogens with one attached hydrogen (secondary N) is 1. The van der Waals surface area contributed by atoms with E-state index < -0.39 is 6.10 Å². The Balaban J connectivity index is 1.65. The Bertz CT molecular complexity index is 1100. The third-order valence-electron chi connectivity index (χ3n) is 6.52. The number of fused-ring (bicyclic) bond motifs is 1. The smallest absolute Gasteiger partial charge is 0.261 e. The molecule has 178 valence electrons. The monoisotopic (exact) mass is 456 g/mol. The lowest BCUT2D eigenvalue weighted by molar-refractivity contribution is -0.128. The van der Waals surface area contributed by atoms with E-state index in [-0.39, 0.29) is 11.9 Å². The summed E-state index contributed by atoms with van der Waals surface area (Å²) in [4.78, 5) is 15.1. The van der Waals surface area contributed by atoms with E-state index in [0.29, 0.717) is 13.0 Å². The van der Waals surface area contributed by atoms with Crippen molar-refractivity contribution < 1.29 is 9.53 Å². The van der Waals surface area contributed by atoms with Crippen molar-refractivity contribution in [1.29, 1.82) is 0 Å². The van der Waals surface area contributed by atoms with Crippen LogP contribution in [0.15, 0.2) is 72.8 Å². The van der Waals surface area contributed by atoms with Crippen molar-refractivity contribution in [2.24, 2.45) is 0 Å². The molecule has 1 aliphatic rings. The van der Waals surface area contributed by atoms with Crippen molar-refractivity contribution in [3.8, 4) is 5.75 Å². The zero-order valence-corrected chi connectivity index (χ0v) is 20.6. The Kier molecular flexibility index (Phi) is 8.02. The van der Waals surface area contributed by atoms with Crippen LogP contribution in [0, 0.1) is 6.92 Å². The van der Waals surface area contributed by atoms with Crippen molar-refractivity contribution >= 4 is 5.91 Å². The molecule has 0 spiro atoms. The second-order valence-electron chi connectivity index (χ2n) is 9.19. The van der Waals surface area contributed by atoms with Crippen molar-refractivity contribution in [1.82, 2.24) is 10.2 Å². The van der Waals surface area contributed by atoms with Crippen molar-refractivity contribution in [3.05, 3.63) is 101 Å². The molecule has 34 heavy (non-hydrogen) atoms. The van der Waals surface area contributed by atoms with Gasteiger partial charge >= 0.3 is 0 Å². The van der Waals surface area contributed by atoms with Gasteiger partial charge in [-0.3, -0.25) is 9.69 Å². The Hall–Kier alpha value is -3.11. The van der Waals surface area contributed by atoms with Crippen molar-refractivity contribution in [2.45, 2.75) is 58.7 Å². The number of carbonyl (C=O) groups excluding carboxylic acids is 1. The molecule has 1 aliphatic heterocycles. The Morgan fingerprint density at radius 1 is 1.06 bits per heavy atom. The van der Waals surface area contributed by atoms with Crippen LogP contribution in [0.1, 0.15) is 60.5 Å². The molecule has 0 unspecified atom stereocenters. The average molecular weight is 457 g/mol. The molecule has 4 rings (SSSR count). The standard InChI is InChI=1S/C30H36N2O2/c1-4-17-31-30(33)28(5-2)34-26-15-14-24-16-18-32(21-23-11-9-10-22(3)19-23)29(27(24)20-26)25-12-7-6-8-13-25/h6-15,19-20,28-29H,4-5,16-18,21H2,1-3H3,(H,31,33)/t28-,29+/m0/s1. The van der Waals surface area contributed by atoms with E-state index in [2.05, 4.69) is 90.8 Å². The van der Waals surface area contributed by atoms with E-state index in [4.69, 9.17) is 4.74 Å². The molecule has 0 bridgehead atoms. The minimum absolute atomic E-state index is 0.0391. The molecule has 4 nitrogen and oxygen atoms in total. The molecular formula is C30H36N2O2. The molecular weight excluding hydrogens is 420 g/mol. The lowest BCUT2D eigenvalue weighted by Gasteiger charge is -2.38. The van der Waals surface area contributed by atoms with Crippen LogP contribution in [-0.4, -0.2) is 30.0 Å². The number of benzene rings is 3. The summed E-state index contributed by atoms with van der Waals surface area (Å²) in [6.07, 6.45) is 2.07. The van der Waals surface area contributed by atoms with Gasteiger partial charge in [0.2, 0.25) is 0 Å². The zero-order valence-electron chi connectivity index (χ0n) is 20.6. The van der Waals surface area contributed by atoms with Crippen LogP contribution in [0.2, 0.25) is 0 Å². The van der Waals surface area contributed by atoms with Gasteiger partial charge in [0.05, 0.1) is 6.04 Å². The van der Waals surface area contributed by atoms with Gasteiger partial charge in [-0.25, -0.2) is 0 Å². The van der Waals surface area contributed by atoms with Crippen LogP contribution in [0.3, 0.4) is 0 Å². The fraction of sp³-hybridized carbons (Fsp3) is 0.367. The van der Waals surface area contributed by atoms with Gasteiger partial charge in [-0.1, -0.05) is 80.1 Å². The molecule has 1 heterocycles. The molecule has 0 saturated heterocycles. The predicted octanol–water partition coefficient (Wildman–Crippen LogP) is 5.83. The Morgan fingerprint density at radius 3 is 2.62 bits per heavy atom. The lowest BCUT2D eigenvalue weighted by Crippen LogP contribution is -2.38. The topological polar surface area (TPSA) is 41.6 Å². The van der Waals surface area contributed by atoms with Crippen LogP contribution in [0.25, 0.3) is 0 Å². The van der Waals surface area contributed by atoms with E-state index >= 15 is 0 Å². The first-order valence-corrected chi connectivity index (χ1v) is 12.5. The summed E-state index contributed by atoms with van der Waals surface area (Å²) in [5.41, 5.74) is 6.52. The fourth-order valence-electron chi connectivity index (χ4n) is 4.81. The van der Waals surface area contributed by atoms with Crippen LogP contribution in [0.4, 0.5) is 0 Å². The van der Waals surface area contributed by atoms with Gasteiger partial charge in [-0.05, 0) is 60.6 Å². The number of ether oxygens (including phenoxy) is 1. The molecule has 0 saturated carbocycles. The Morgan fingerprint density at radius 2 is 1.88 bits per heavy atom. The summed E-state index contributed by atoms with van der Waals surface area (Å²) in [7, 11) is 0. The maximum absolute atomic E-state index is 12.6. The molecule has 2 atom stereocenters. The number of hydrogen-bond acceptors (Lipinski definition) is 3. The fourth-order valence-corrected chi connectivity index (χ4v) is 4.81. The highest BCUT2D eigenvalue weighted by atomic mass is 16.5. The minimum Gasteiger partial charge on any atom is -0.481 e. The summed E-state index contributed by atoms with van der Waals surface area (Å²) < 4.78 is 6.21. The number of carbonyl (C=O) groups is 1. The van der Waals surface area contributed by atoms with Gasteiger partial charge < -0.3 is 10.1 Å². The van der Waals surface area contributed by atoms with Gasteiger partial charge in [-0.2, -0.15) is 0 Å². The highest BCUT2D eigenvalue weighted by Gasteiger charge is 2.29. The molecule has 0 aliphatic carbocycles. The maximum Gasteiger partial charge on any atom is 0.261 e. The van der Waals surface area contributed by atoms with Crippen LogP contribution in [-0.2, 0) is 17.8 Å². The number of nitrogens with zero attached hydrogens (tertiary/aromatic N) is 1. The lowest BCUT2D eigenvalue weighted by atomic mass is 9.87. The van der Waals surface area contributed by atoms with Gasteiger partial charge in [0, 0.05) is 19.6 Å². The second-order valence-corrected chi connectivity index (χ2v) is 9.19. The van der Waals surface area contributed by atoms with E-state index in [1.807, 2.05) is 13.0 Å². The maximum atomic E-state index is 12.6. The first-order chi connectivity index (χ1) is 16.6. The van der Waals surface area contributed by atoms with Crippen LogP contribution >= 0.6 is 0 Å². The summed E-state index contributed by atoms with van der Waals surface area (Å²) in [6, 6.07) is 26.0. The summed E-state index contributed by atoms with van der Waals surface area (Å²) in [6.45, 7) is 8.75. The quantitative estimate of drug-likeness (QED) is 0.441.